The molecule has 7 heteroatoms. The summed E-state index contributed by atoms with van der Waals surface area (Å²) in [5.41, 5.74) is 0.524. The molecule has 6 nitrogen and oxygen atoms in total. The van der Waals surface area contributed by atoms with Crippen LogP contribution in [-0.4, -0.2) is 44.3 Å². The molecule has 0 atom stereocenters. The third-order valence-electron chi connectivity index (χ3n) is 3.11. The fourth-order valence-electron chi connectivity index (χ4n) is 2.14. The van der Waals surface area contributed by atoms with Crippen molar-refractivity contribution in [2.75, 3.05) is 13.2 Å². The Balaban J connectivity index is 2.41. The van der Waals surface area contributed by atoms with Crippen LogP contribution >= 0.6 is 0 Å². The Labute approximate surface area is 124 Å². The van der Waals surface area contributed by atoms with Gasteiger partial charge in [-0.05, 0) is 32.9 Å². The maximum Gasteiger partial charge on any atom is 0.325 e. The zero-order valence-corrected chi connectivity index (χ0v) is 13.1. The van der Waals surface area contributed by atoms with Crippen molar-refractivity contribution in [3.8, 4) is 0 Å². The Hall–Kier alpha value is -1.89. The van der Waals surface area contributed by atoms with Gasteiger partial charge in [-0.3, -0.25) is 4.79 Å². The summed E-state index contributed by atoms with van der Waals surface area (Å²) in [4.78, 5) is 13.5. The minimum atomic E-state index is -3.69. The van der Waals surface area contributed by atoms with Gasteiger partial charge in [-0.1, -0.05) is 12.1 Å². The Morgan fingerprint density at radius 3 is 2.62 bits per heavy atom. The van der Waals surface area contributed by atoms with E-state index in [0.29, 0.717) is 11.4 Å². The Bertz CT molecular complexity index is 680. The van der Waals surface area contributed by atoms with Crippen molar-refractivity contribution in [3.63, 3.8) is 0 Å². The van der Waals surface area contributed by atoms with E-state index in [1.54, 1.807) is 30.0 Å². The van der Waals surface area contributed by atoms with Gasteiger partial charge in [0, 0.05) is 11.6 Å². The topological polar surface area (TPSA) is 76.0 Å². The predicted octanol–water partition coefficient (Wildman–Crippen LogP) is 1.41. The van der Waals surface area contributed by atoms with Gasteiger partial charge in [0.1, 0.15) is 11.4 Å². The number of sulfonamides is 1. The van der Waals surface area contributed by atoms with Crippen LogP contribution in [0.25, 0.3) is 0 Å². The number of carbonyl (C=O) groups excluding carboxylic acids is 1. The third kappa shape index (κ3) is 3.07. The number of carbonyl (C=O) groups is 1. The zero-order chi connectivity index (χ0) is 15.6. The van der Waals surface area contributed by atoms with E-state index in [0.717, 1.165) is 0 Å². The summed E-state index contributed by atoms with van der Waals surface area (Å²) in [6, 6.07) is 6.52. The van der Waals surface area contributed by atoms with Crippen molar-refractivity contribution in [1.82, 2.24) is 4.90 Å². The number of hydrogen-bond donors (Lipinski definition) is 0. The molecule has 0 aromatic heterocycles. The number of esters is 1. The molecule has 0 fully saturated rings. The maximum absolute atomic E-state index is 12.1. The molecule has 0 aliphatic carbocycles. The van der Waals surface area contributed by atoms with E-state index in [2.05, 4.69) is 4.40 Å². The highest BCUT2D eigenvalue weighted by molar-refractivity contribution is 7.90. The van der Waals surface area contributed by atoms with Crippen LogP contribution in [0.1, 0.15) is 26.3 Å². The van der Waals surface area contributed by atoms with Gasteiger partial charge in [-0.15, -0.1) is 4.40 Å². The van der Waals surface area contributed by atoms with Crippen LogP contribution in [0.4, 0.5) is 0 Å². The summed E-state index contributed by atoms with van der Waals surface area (Å²) < 4.78 is 32.9. The first kappa shape index (κ1) is 15.5. The normalized spacial score (nSPS) is 15.5. The first-order valence-electron chi connectivity index (χ1n) is 6.73. The van der Waals surface area contributed by atoms with Crippen LogP contribution in [0.2, 0.25) is 0 Å². The van der Waals surface area contributed by atoms with Gasteiger partial charge in [0.2, 0.25) is 0 Å². The van der Waals surface area contributed by atoms with Crippen LogP contribution in [0.15, 0.2) is 33.6 Å². The molecule has 2 rings (SSSR count). The molecule has 0 amide bonds. The summed E-state index contributed by atoms with van der Waals surface area (Å²) in [6.45, 7) is 5.72. The number of nitrogens with zero attached hydrogens (tertiary/aromatic N) is 2. The molecule has 21 heavy (non-hydrogen) atoms. The molecule has 0 N–H and O–H groups in total. The van der Waals surface area contributed by atoms with Crippen molar-refractivity contribution in [1.29, 1.82) is 0 Å². The second kappa shape index (κ2) is 5.85. The lowest BCUT2D eigenvalue weighted by atomic mass is 10.1. The molecule has 1 aliphatic rings. The monoisotopic (exact) mass is 310 g/mol. The zero-order valence-electron chi connectivity index (χ0n) is 12.2. The Morgan fingerprint density at radius 2 is 2.00 bits per heavy atom. The molecule has 0 unspecified atom stereocenters. The quantitative estimate of drug-likeness (QED) is 0.786. The second-order valence-corrected chi connectivity index (χ2v) is 6.49. The highest BCUT2D eigenvalue weighted by Gasteiger charge is 2.33. The molecule has 0 saturated carbocycles. The molecule has 114 valence electrons. The van der Waals surface area contributed by atoms with E-state index >= 15 is 0 Å². The third-order valence-corrected chi connectivity index (χ3v) is 4.44. The molecule has 1 heterocycles. The number of hydrogen-bond acceptors (Lipinski definition) is 5. The smallest absolute Gasteiger partial charge is 0.325 e. The maximum atomic E-state index is 12.1. The first-order valence-corrected chi connectivity index (χ1v) is 8.17. The van der Waals surface area contributed by atoms with Crippen LogP contribution in [0.3, 0.4) is 0 Å². The molecule has 1 aromatic carbocycles. The second-order valence-electron chi connectivity index (χ2n) is 4.91. The van der Waals surface area contributed by atoms with Gasteiger partial charge < -0.3 is 9.64 Å². The van der Waals surface area contributed by atoms with Gasteiger partial charge >= 0.3 is 5.97 Å². The largest absolute Gasteiger partial charge is 0.465 e. The molecule has 1 aromatic rings. The van der Waals surface area contributed by atoms with Crippen molar-refractivity contribution in [3.05, 3.63) is 29.8 Å². The Morgan fingerprint density at radius 1 is 1.33 bits per heavy atom. The minimum absolute atomic E-state index is 0.0335. The lowest BCUT2D eigenvalue weighted by Gasteiger charge is -2.27. The van der Waals surface area contributed by atoms with Crippen LogP contribution < -0.4 is 0 Å². The molecule has 0 spiro atoms. The van der Waals surface area contributed by atoms with Gasteiger partial charge in [0.05, 0.1) is 6.61 Å². The van der Waals surface area contributed by atoms with E-state index in [-0.39, 0.29) is 24.1 Å². The number of benzene rings is 1. The fourth-order valence-corrected chi connectivity index (χ4v) is 3.36. The summed E-state index contributed by atoms with van der Waals surface area (Å²) in [5.74, 6) is -0.107. The van der Waals surface area contributed by atoms with Crippen molar-refractivity contribution in [2.45, 2.75) is 31.7 Å². The standard InChI is InChI=1S/C14H18N2O4S/c1-4-20-13(17)9-16(10(2)3)14-11-7-5-6-8-12(11)21(18,19)15-14/h5-8,10H,4,9H2,1-3H3. The molecule has 1 aliphatic heterocycles. The fraction of sp³-hybridized carbons (Fsp3) is 0.429. The first-order chi connectivity index (χ1) is 9.86. The lowest BCUT2D eigenvalue weighted by Crippen LogP contribution is -2.41. The molecule has 0 saturated heterocycles. The lowest BCUT2D eigenvalue weighted by molar-refractivity contribution is -0.143. The van der Waals surface area contributed by atoms with Crippen LogP contribution in [-0.2, 0) is 19.6 Å². The van der Waals surface area contributed by atoms with Crippen molar-refractivity contribution >= 4 is 21.8 Å². The van der Waals surface area contributed by atoms with E-state index in [4.69, 9.17) is 4.74 Å². The number of ether oxygens (including phenoxy) is 1. The van der Waals surface area contributed by atoms with Crippen LogP contribution in [0.5, 0.6) is 0 Å². The van der Waals surface area contributed by atoms with E-state index in [1.807, 2.05) is 13.8 Å². The molecule has 0 bridgehead atoms. The van der Waals surface area contributed by atoms with Crippen molar-refractivity contribution in [2.24, 2.45) is 4.40 Å². The Kier molecular flexibility index (Phi) is 4.32. The van der Waals surface area contributed by atoms with Gasteiger partial charge in [0.15, 0.2) is 5.84 Å². The predicted molar refractivity (Wildman–Crippen MR) is 78.6 cm³/mol. The summed E-state index contributed by atoms with van der Waals surface area (Å²) >= 11 is 0. The van der Waals surface area contributed by atoms with Gasteiger partial charge in [0.25, 0.3) is 10.0 Å². The van der Waals surface area contributed by atoms with E-state index < -0.39 is 16.0 Å². The van der Waals surface area contributed by atoms with Crippen molar-refractivity contribution < 1.29 is 17.9 Å². The van der Waals surface area contributed by atoms with Crippen LogP contribution in [0, 0.1) is 0 Å². The molecule has 0 radical (unpaired) electrons. The highest BCUT2D eigenvalue weighted by atomic mass is 32.2. The molecular weight excluding hydrogens is 292 g/mol. The molecular formula is C14H18N2O4S. The summed E-state index contributed by atoms with van der Waals surface area (Å²) in [7, 11) is -3.69. The van der Waals surface area contributed by atoms with E-state index in [9.17, 15) is 13.2 Å². The van der Waals surface area contributed by atoms with Gasteiger partial charge in [-0.2, -0.15) is 8.42 Å². The van der Waals surface area contributed by atoms with Gasteiger partial charge in [-0.25, -0.2) is 0 Å². The average Bonchev–Trinajstić information content (AvgIpc) is 2.69. The number of amidine groups is 1. The summed E-state index contributed by atoms with van der Waals surface area (Å²) in [6.07, 6.45) is 0. The summed E-state index contributed by atoms with van der Waals surface area (Å²) in [5, 5.41) is 0. The average molecular weight is 310 g/mol. The number of rotatable bonds is 4. The van der Waals surface area contributed by atoms with E-state index in [1.165, 1.54) is 6.07 Å². The highest BCUT2D eigenvalue weighted by Crippen LogP contribution is 2.28. The SMILES string of the molecule is CCOC(=O)CN(C1=NS(=O)(=O)c2ccccc21)C(C)C. The number of fused-ring (bicyclic) bond motifs is 1. The minimum Gasteiger partial charge on any atom is -0.465 e.